The Kier molecular flexibility index (Phi) is 4.89. The summed E-state index contributed by atoms with van der Waals surface area (Å²) in [5.41, 5.74) is 1.61. The minimum atomic E-state index is 0.0952. The van der Waals surface area contributed by atoms with Gasteiger partial charge in [-0.25, -0.2) is 0 Å². The zero-order valence-corrected chi connectivity index (χ0v) is 15.3. The van der Waals surface area contributed by atoms with Crippen LogP contribution in [0, 0.1) is 5.41 Å². The lowest BCUT2D eigenvalue weighted by atomic mass is 9.82. The lowest BCUT2D eigenvalue weighted by molar-refractivity contribution is 0.170. The van der Waals surface area contributed by atoms with Gasteiger partial charge in [0.25, 0.3) is 0 Å². The van der Waals surface area contributed by atoms with Gasteiger partial charge in [-0.3, -0.25) is 0 Å². The zero-order valence-electron chi connectivity index (χ0n) is 13.7. The maximum absolute atomic E-state index is 5.67. The molecule has 0 aromatic heterocycles. The molecule has 4 heteroatoms. The Morgan fingerprint density at radius 1 is 1.10 bits per heavy atom. The molecule has 1 aliphatic heterocycles. The van der Waals surface area contributed by atoms with Gasteiger partial charge in [0.15, 0.2) is 11.5 Å². The Labute approximate surface area is 136 Å². The van der Waals surface area contributed by atoms with Gasteiger partial charge in [0, 0.05) is 12.1 Å². The van der Waals surface area contributed by atoms with Gasteiger partial charge in [0.05, 0.1) is 4.47 Å². The van der Waals surface area contributed by atoms with Crippen LogP contribution in [0.25, 0.3) is 0 Å². The average molecular weight is 356 g/mol. The number of nitrogens with one attached hydrogen (secondary N) is 1. The average Bonchev–Trinajstić information content (AvgIpc) is 2.34. The van der Waals surface area contributed by atoms with Gasteiger partial charge < -0.3 is 14.8 Å². The molecule has 1 aromatic rings. The molecule has 21 heavy (non-hydrogen) atoms. The third kappa shape index (κ3) is 4.89. The number of benzene rings is 1. The van der Waals surface area contributed by atoms with E-state index in [0.717, 1.165) is 28.9 Å². The molecule has 0 atom stereocenters. The van der Waals surface area contributed by atoms with E-state index in [-0.39, 0.29) is 5.54 Å². The summed E-state index contributed by atoms with van der Waals surface area (Å²) in [5, 5.41) is 3.65. The molecule has 0 bridgehead atoms. The smallest absolute Gasteiger partial charge is 0.175 e. The molecule has 1 aliphatic rings. The van der Waals surface area contributed by atoms with Crippen LogP contribution in [0.1, 0.15) is 46.6 Å². The number of fused-ring (bicyclic) bond motifs is 1. The first-order chi connectivity index (χ1) is 9.66. The van der Waals surface area contributed by atoms with Gasteiger partial charge in [-0.05, 0) is 59.3 Å². The van der Waals surface area contributed by atoms with Crippen molar-refractivity contribution in [1.82, 2.24) is 5.32 Å². The van der Waals surface area contributed by atoms with Gasteiger partial charge in [0.1, 0.15) is 13.2 Å². The molecule has 0 fully saturated rings. The van der Waals surface area contributed by atoms with Crippen LogP contribution in [-0.2, 0) is 6.54 Å². The van der Waals surface area contributed by atoms with Crippen LogP contribution in [0.4, 0.5) is 0 Å². The summed E-state index contributed by atoms with van der Waals surface area (Å²) < 4.78 is 12.3. The molecule has 0 radical (unpaired) electrons. The second-order valence-corrected chi connectivity index (χ2v) is 8.43. The molecule has 1 N–H and O–H groups in total. The molecule has 0 saturated heterocycles. The molecular weight excluding hydrogens is 330 g/mol. The van der Waals surface area contributed by atoms with Gasteiger partial charge in [0.2, 0.25) is 0 Å². The molecular formula is C17H26BrNO2. The van der Waals surface area contributed by atoms with Crippen molar-refractivity contribution in [2.24, 2.45) is 5.41 Å². The summed E-state index contributed by atoms with van der Waals surface area (Å²) in [6, 6.07) is 4.17. The lowest BCUT2D eigenvalue weighted by Crippen LogP contribution is -2.41. The van der Waals surface area contributed by atoms with Crippen molar-refractivity contribution in [1.29, 1.82) is 0 Å². The molecule has 0 spiro atoms. The summed E-state index contributed by atoms with van der Waals surface area (Å²) in [6.45, 7) is 13.4. The summed E-state index contributed by atoms with van der Waals surface area (Å²) in [5.74, 6) is 1.65. The van der Waals surface area contributed by atoms with E-state index < -0.39 is 0 Å². The van der Waals surface area contributed by atoms with E-state index in [0.29, 0.717) is 18.6 Å². The Balaban J connectivity index is 2.05. The highest BCUT2D eigenvalue weighted by Crippen LogP contribution is 2.38. The highest BCUT2D eigenvalue weighted by Gasteiger charge is 2.25. The maximum atomic E-state index is 5.67. The second-order valence-electron chi connectivity index (χ2n) is 7.58. The minimum Gasteiger partial charge on any atom is -0.486 e. The minimum absolute atomic E-state index is 0.0952. The highest BCUT2D eigenvalue weighted by atomic mass is 79.9. The summed E-state index contributed by atoms with van der Waals surface area (Å²) in [6.07, 6.45) is 1.12. The van der Waals surface area contributed by atoms with E-state index in [2.05, 4.69) is 68.0 Å². The molecule has 118 valence electrons. The van der Waals surface area contributed by atoms with E-state index in [1.807, 2.05) is 0 Å². The third-order valence-electron chi connectivity index (χ3n) is 3.40. The van der Waals surface area contributed by atoms with Crippen LogP contribution in [0.15, 0.2) is 16.6 Å². The Bertz CT molecular complexity index is 506. The fourth-order valence-corrected chi connectivity index (χ4v) is 3.60. The predicted molar refractivity (Wildman–Crippen MR) is 90.1 cm³/mol. The van der Waals surface area contributed by atoms with Crippen LogP contribution in [0.3, 0.4) is 0 Å². The monoisotopic (exact) mass is 355 g/mol. The largest absolute Gasteiger partial charge is 0.486 e. The Morgan fingerprint density at radius 2 is 1.76 bits per heavy atom. The van der Waals surface area contributed by atoms with Gasteiger partial charge >= 0.3 is 0 Å². The molecule has 3 nitrogen and oxygen atoms in total. The first kappa shape index (κ1) is 16.6. The molecule has 0 amide bonds. The number of hydrogen-bond acceptors (Lipinski definition) is 3. The Hall–Kier alpha value is -0.740. The van der Waals surface area contributed by atoms with Crippen molar-refractivity contribution in [2.45, 2.75) is 53.1 Å². The standard InChI is InChI=1S/C17H26BrNO2/c1-16(2,3)11-17(4,5)19-10-12-8-13(18)15-14(9-12)20-6-7-21-15/h8-9,19H,6-7,10-11H2,1-5H3. The number of halogens is 1. The predicted octanol–water partition coefficient (Wildman–Crippen LogP) is 4.52. The summed E-state index contributed by atoms with van der Waals surface area (Å²) in [7, 11) is 0. The Morgan fingerprint density at radius 3 is 2.43 bits per heavy atom. The van der Waals surface area contributed by atoms with Crippen molar-refractivity contribution < 1.29 is 9.47 Å². The number of ether oxygens (including phenoxy) is 2. The van der Waals surface area contributed by atoms with E-state index in [4.69, 9.17) is 9.47 Å². The zero-order chi connectivity index (χ0) is 15.7. The normalized spacial score (nSPS) is 15.1. The van der Waals surface area contributed by atoms with Crippen molar-refractivity contribution in [3.05, 3.63) is 22.2 Å². The molecule has 2 rings (SSSR count). The van der Waals surface area contributed by atoms with Gasteiger partial charge in [-0.2, -0.15) is 0 Å². The van der Waals surface area contributed by atoms with Crippen LogP contribution in [-0.4, -0.2) is 18.8 Å². The van der Waals surface area contributed by atoms with Gasteiger partial charge in [-0.15, -0.1) is 0 Å². The maximum Gasteiger partial charge on any atom is 0.175 e. The number of hydrogen-bond donors (Lipinski definition) is 1. The van der Waals surface area contributed by atoms with Crippen molar-refractivity contribution in [3.8, 4) is 11.5 Å². The van der Waals surface area contributed by atoms with Crippen LogP contribution >= 0.6 is 15.9 Å². The van der Waals surface area contributed by atoms with E-state index in [1.165, 1.54) is 5.56 Å². The van der Waals surface area contributed by atoms with Crippen LogP contribution in [0.2, 0.25) is 0 Å². The highest BCUT2D eigenvalue weighted by molar-refractivity contribution is 9.10. The van der Waals surface area contributed by atoms with E-state index in [9.17, 15) is 0 Å². The van der Waals surface area contributed by atoms with Crippen molar-refractivity contribution in [2.75, 3.05) is 13.2 Å². The molecule has 1 aromatic carbocycles. The van der Waals surface area contributed by atoms with Crippen molar-refractivity contribution >= 4 is 15.9 Å². The lowest BCUT2D eigenvalue weighted by Gasteiger charge is -2.33. The SMILES string of the molecule is CC(C)(C)CC(C)(C)NCc1cc(Br)c2c(c1)OCCO2. The molecule has 1 heterocycles. The van der Waals surface area contributed by atoms with E-state index in [1.54, 1.807) is 0 Å². The second kappa shape index (κ2) is 6.17. The van der Waals surface area contributed by atoms with Crippen LogP contribution < -0.4 is 14.8 Å². The number of rotatable bonds is 4. The summed E-state index contributed by atoms with van der Waals surface area (Å²) in [4.78, 5) is 0. The first-order valence-electron chi connectivity index (χ1n) is 7.49. The quantitative estimate of drug-likeness (QED) is 0.860. The fraction of sp³-hybridized carbons (Fsp3) is 0.647. The molecule has 0 saturated carbocycles. The van der Waals surface area contributed by atoms with Crippen molar-refractivity contribution in [3.63, 3.8) is 0 Å². The molecule has 0 unspecified atom stereocenters. The third-order valence-corrected chi connectivity index (χ3v) is 3.99. The van der Waals surface area contributed by atoms with Gasteiger partial charge in [-0.1, -0.05) is 20.8 Å². The first-order valence-corrected chi connectivity index (χ1v) is 8.29. The fourth-order valence-electron chi connectivity index (χ4n) is 3.00. The van der Waals surface area contributed by atoms with E-state index >= 15 is 0 Å². The van der Waals surface area contributed by atoms with Crippen LogP contribution in [0.5, 0.6) is 11.5 Å². The summed E-state index contributed by atoms with van der Waals surface area (Å²) >= 11 is 3.57. The topological polar surface area (TPSA) is 30.5 Å². The molecule has 0 aliphatic carbocycles.